The Kier molecular flexibility index (Phi) is 5.36. The fourth-order valence-corrected chi connectivity index (χ4v) is 2.48. The van der Waals surface area contributed by atoms with Gasteiger partial charge in [0, 0.05) is 17.8 Å². The number of hydrogen-bond acceptors (Lipinski definition) is 3. The van der Waals surface area contributed by atoms with Crippen LogP contribution in [0.5, 0.6) is 0 Å². The number of carbonyl (C=O) groups excluding carboxylic acids is 1. The Morgan fingerprint density at radius 1 is 1.14 bits per heavy atom. The van der Waals surface area contributed by atoms with Gasteiger partial charge in [0.25, 0.3) is 0 Å². The van der Waals surface area contributed by atoms with Crippen molar-refractivity contribution in [2.24, 2.45) is 5.92 Å². The number of aromatic amines is 1. The van der Waals surface area contributed by atoms with Gasteiger partial charge in [0.05, 0.1) is 5.69 Å². The average Bonchev–Trinajstić information content (AvgIpc) is 3.03. The Labute approximate surface area is 129 Å². The number of amides is 1. The second kappa shape index (κ2) is 7.24. The number of H-pyrrole nitrogens is 1. The Hall–Kier alpha value is -1.85. The molecule has 0 atom stereocenters. The Morgan fingerprint density at radius 2 is 1.86 bits per heavy atom. The molecule has 0 saturated carbocycles. The van der Waals surface area contributed by atoms with Gasteiger partial charge in [0.2, 0.25) is 5.91 Å². The summed E-state index contributed by atoms with van der Waals surface area (Å²) in [7, 11) is 0. The maximum absolute atomic E-state index is 12.1. The van der Waals surface area contributed by atoms with Crippen molar-refractivity contribution in [3.63, 3.8) is 0 Å². The smallest absolute Gasteiger partial charge is 0.227 e. The lowest BCUT2D eigenvalue weighted by Gasteiger charge is -2.21. The number of aromatic nitrogens is 2. The van der Waals surface area contributed by atoms with Crippen molar-refractivity contribution in [2.45, 2.75) is 12.8 Å². The molecule has 5 nitrogen and oxygen atoms in total. The first-order valence-electron chi connectivity index (χ1n) is 6.94. The molecule has 1 aromatic heterocycles. The van der Waals surface area contributed by atoms with Gasteiger partial charge in [-0.05, 0) is 49.7 Å². The number of rotatable bonds is 3. The van der Waals surface area contributed by atoms with Gasteiger partial charge < -0.3 is 10.6 Å². The standard InChI is InChI=1S/C15H18N4O.ClH/c20-15(12-5-8-16-9-6-12)18-13-3-1-11(2-4-13)14-7-10-17-19-14;/h1-4,7,10,12,16H,5-6,8-9H2,(H,17,19)(H,18,20);1H. The molecule has 2 heterocycles. The first-order chi connectivity index (χ1) is 9.83. The minimum atomic E-state index is 0. The van der Waals surface area contributed by atoms with Crippen molar-refractivity contribution in [2.75, 3.05) is 18.4 Å². The van der Waals surface area contributed by atoms with E-state index in [0.717, 1.165) is 42.9 Å². The summed E-state index contributed by atoms with van der Waals surface area (Å²) < 4.78 is 0. The molecule has 1 aliphatic rings. The predicted octanol–water partition coefficient (Wildman–Crippen LogP) is 2.44. The van der Waals surface area contributed by atoms with Crippen molar-refractivity contribution in [3.05, 3.63) is 36.5 Å². The van der Waals surface area contributed by atoms with Gasteiger partial charge in [0.1, 0.15) is 0 Å². The van der Waals surface area contributed by atoms with Crippen LogP contribution in [0.2, 0.25) is 0 Å². The predicted molar refractivity (Wildman–Crippen MR) is 85.5 cm³/mol. The first-order valence-corrected chi connectivity index (χ1v) is 6.94. The van der Waals surface area contributed by atoms with Crippen molar-refractivity contribution in [1.29, 1.82) is 0 Å². The second-order valence-electron chi connectivity index (χ2n) is 5.06. The Bertz CT molecular complexity index is 562. The van der Waals surface area contributed by atoms with E-state index in [2.05, 4.69) is 20.8 Å². The van der Waals surface area contributed by atoms with E-state index in [0.29, 0.717) is 0 Å². The van der Waals surface area contributed by atoms with E-state index in [-0.39, 0.29) is 24.2 Å². The molecule has 0 spiro atoms. The third-order valence-corrected chi connectivity index (χ3v) is 3.67. The summed E-state index contributed by atoms with van der Waals surface area (Å²) in [6.45, 7) is 1.85. The molecule has 1 saturated heterocycles. The SMILES string of the molecule is Cl.O=C(Nc1ccc(-c2ccn[nH]2)cc1)C1CCNCC1. The number of carbonyl (C=O) groups is 1. The topological polar surface area (TPSA) is 69.8 Å². The number of anilines is 1. The van der Waals surface area contributed by atoms with E-state index in [9.17, 15) is 4.79 Å². The molecule has 3 rings (SSSR count). The summed E-state index contributed by atoms with van der Waals surface area (Å²) in [6, 6.07) is 9.73. The highest BCUT2D eigenvalue weighted by Gasteiger charge is 2.20. The van der Waals surface area contributed by atoms with Crippen LogP contribution in [-0.2, 0) is 4.79 Å². The molecule has 0 bridgehead atoms. The maximum Gasteiger partial charge on any atom is 0.227 e. The van der Waals surface area contributed by atoms with Crippen LogP contribution in [0.15, 0.2) is 36.5 Å². The monoisotopic (exact) mass is 306 g/mol. The van der Waals surface area contributed by atoms with Crippen LogP contribution in [0.25, 0.3) is 11.3 Å². The zero-order chi connectivity index (χ0) is 13.8. The van der Waals surface area contributed by atoms with Gasteiger partial charge in [-0.15, -0.1) is 12.4 Å². The quantitative estimate of drug-likeness (QED) is 0.816. The highest BCUT2D eigenvalue weighted by molar-refractivity contribution is 5.92. The molecule has 1 aromatic carbocycles. The maximum atomic E-state index is 12.1. The van der Waals surface area contributed by atoms with Gasteiger partial charge in [-0.1, -0.05) is 12.1 Å². The molecule has 6 heteroatoms. The molecule has 0 aliphatic carbocycles. The van der Waals surface area contributed by atoms with Crippen molar-refractivity contribution in [3.8, 4) is 11.3 Å². The van der Waals surface area contributed by atoms with Crippen LogP contribution in [0.3, 0.4) is 0 Å². The molecule has 1 aliphatic heterocycles. The lowest BCUT2D eigenvalue weighted by Crippen LogP contribution is -2.34. The van der Waals surface area contributed by atoms with Crippen LogP contribution in [0.1, 0.15) is 12.8 Å². The third kappa shape index (κ3) is 3.83. The number of nitrogens with one attached hydrogen (secondary N) is 3. The molecule has 0 unspecified atom stereocenters. The summed E-state index contributed by atoms with van der Waals surface area (Å²) in [5.41, 5.74) is 2.88. The normalized spacial score (nSPS) is 15.2. The number of piperidine rings is 1. The van der Waals surface area contributed by atoms with Crippen molar-refractivity contribution < 1.29 is 4.79 Å². The van der Waals surface area contributed by atoms with Crippen LogP contribution in [0, 0.1) is 5.92 Å². The zero-order valence-electron chi connectivity index (χ0n) is 11.6. The van der Waals surface area contributed by atoms with Crippen LogP contribution < -0.4 is 10.6 Å². The molecule has 3 N–H and O–H groups in total. The molecule has 0 radical (unpaired) electrons. The largest absolute Gasteiger partial charge is 0.326 e. The average molecular weight is 307 g/mol. The molecule has 2 aromatic rings. The first kappa shape index (κ1) is 15.5. The van der Waals surface area contributed by atoms with Gasteiger partial charge in [-0.3, -0.25) is 9.89 Å². The number of nitrogens with zero attached hydrogens (tertiary/aromatic N) is 1. The summed E-state index contributed by atoms with van der Waals surface area (Å²) >= 11 is 0. The minimum Gasteiger partial charge on any atom is -0.326 e. The molecule has 1 fully saturated rings. The summed E-state index contributed by atoms with van der Waals surface area (Å²) in [5.74, 6) is 0.254. The summed E-state index contributed by atoms with van der Waals surface area (Å²) in [5, 5.41) is 13.1. The Balaban J connectivity index is 0.00000161. The number of hydrogen-bond donors (Lipinski definition) is 3. The molecular weight excluding hydrogens is 288 g/mol. The highest BCUT2D eigenvalue weighted by atomic mass is 35.5. The Morgan fingerprint density at radius 3 is 2.48 bits per heavy atom. The van der Waals surface area contributed by atoms with Gasteiger partial charge in [0.15, 0.2) is 0 Å². The number of benzene rings is 1. The van der Waals surface area contributed by atoms with E-state index in [4.69, 9.17) is 0 Å². The molecule has 112 valence electrons. The van der Waals surface area contributed by atoms with E-state index < -0.39 is 0 Å². The molecule has 21 heavy (non-hydrogen) atoms. The lowest BCUT2D eigenvalue weighted by molar-refractivity contribution is -0.120. The van der Waals surface area contributed by atoms with Gasteiger partial charge >= 0.3 is 0 Å². The lowest BCUT2D eigenvalue weighted by atomic mass is 9.97. The summed E-state index contributed by atoms with van der Waals surface area (Å²) in [6.07, 6.45) is 3.55. The highest BCUT2D eigenvalue weighted by Crippen LogP contribution is 2.20. The van der Waals surface area contributed by atoms with Gasteiger partial charge in [-0.2, -0.15) is 5.10 Å². The van der Waals surface area contributed by atoms with Crippen LogP contribution in [0.4, 0.5) is 5.69 Å². The molecule has 1 amide bonds. The van der Waals surface area contributed by atoms with Crippen LogP contribution >= 0.6 is 12.4 Å². The van der Waals surface area contributed by atoms with E-state index in [1.165, 1.54) is 0 Å². The van der Waals surface area contributed by atoms with Crippen molar-refractivity contribution in [1.82, 2.24) is 15.5 Å². The third-order valence-electron chi connectivity index (χ3n) is 3.67. The fraction of sp³-hybridized carbons (Fsp3) is 0.333. The van der Waals surface area contributed by atoms with E-state index in [1.807, 2.05) is 30.3 Å². The number of halogens is 1. The summed E-state index contributed by atoms with van der Waals surface area (Å²) in [4.78, 5) is 12.1. The molecular formula is C15H19ClN4O. The van der Waals surface area contributed by atoms with E-state index in [1.54, 1.807) is 6.20 Å². The zero-order valence-corrected chi connectivity index (χ0v) is 12.5. The van der Waals surface area contributed by atoms with Crippen molar-refractivity contribution >= 4 is 24.0 Å². The van der Waals surface area contributed by atoms with E-state index >= 15 is 0 Å². The second-order valence-corrected chi connectivity index (χ2v) is 5.06. The van der Waals surface area contributed by atoms with Gasteiger partial charge in [-0.25, -0.2) is 0 Å². The fourth-order valence-electron chi connectivity index (χ4n) is 2.48. The van der Waals surface area contributed by atoms with Crippen LogP contribution in [-0.4, -0.2) is 29.2 Å². The minimum absolute atomic E-state index is 0.